The van der Waals surface area contributed by atoms with Gasteiger partial charge in [-0.05, 0) is 114 Å². The minimum atomic E-state index is 0.372. The Kier molecular flexibility index (Phi) is 8.31. The number of likely N-dealkylation sites (tertiary alicyclic amines) is 1. The van der Waals surface area contributed by atoms with Crippen LogP contribution in [0.3, 0.4) is 0 Å². The fraction of sp³-hybridized carbons (Fsp3) is 0.759. The first kappa shape index (κ1) is 25.0. The molecule has 1 aromatic carbocycles. The summed E-state index contributed by atoms with van der Waals surface area (Å²) in [6.07, 6.45) is 12.5. The first-order valence-electron chi connectivity index (χ1n) is 14.1. The number of aliphatic hydroxyl groups excluding tert-OH is 1. The third kappa shape index (κ3) is 6.39. The molecule has 35 heavy (non-hydrogen) atoms. The molecule has 1 saturated heterocycles. The maximum Gasteiger partial charge on any atom is 0.175 e. The van der Waals surface area contributed by atoms with Crippen LogP contribution in [0.1, 0.15) is 69.0 Å². The molecule has 2 atom stereocenters. The summed E-state index contributed by atoms with van der Waals surface area (Å²) in [6.45, 7) is 5.57. The average molecular weight is 484 g/mol. The highest BCUT2D eigenvalue weighted by atomic mass is 16.5. The zero-order valence-electron chi connectivity index (χ0n) is 21.9. The molecule has 1 aromatic heterocycles. The summed E-state index contributed by atoms with van der Waals surface area (Å²) in [4.78, 5) is 4.84. The number of hydrogen-bond donors (Lipinski definition) is 1. The van der Waals surface area contributed by atoms with Gasteiger partial charge in [-0.15, -0.1) is 0 Å². The van der Waals surface area contributed by atoms with E-state index in [2.05, 4.69) is 41.2 Å². The Labute approximate surface area is 211 Å². The van der Waals surface area contributed by atoms with Crippen molar-refractivity contribution in [1.82, 2.24) is 15.0 Å². The number of rotatable bonds is 11. The van der Waals surface area contributed by atoms with Crippen molar-refractivity contribution in [2.75, 3.05) is 46.9 Å². The second-order valence-electron chi connectivity index (χ2n) is 11.8. The molecule has 0 bridgehead atoms. The normalized spacial score (nSPS) is 24.5. The minimum Gasteiger partial charge on any atom is -0.493 e. The van der Waals surface area contributed by atoms with E-state index in [4.69, 9.17) is 9.26 Å². The van der Waals surface area contributed by atoms with Crippen molar-refractivity contribution in [2.24, 2.45) is 23.7 Å². The summed E-state index contributed by atoms with van der Waals surface area (Å²) < 4.78 is 12.1. The van der Waals surface area contributed by atoms with Gasteiger partial charge in [0.2, 0.25) is 0 Å². The smallest absolute Gasteiger partial charge is 0.175 e. The third-order valence-electron chi connectivity index (χ3n) is 8.71. The van der Waals surface area contributed by atoms with Crippen molar-refractivity contribution in [3.63, 3.8) is 0 Å². The van der Waals surface area contributed by atoms with Gasteiger partial charge in [0.05, 0.1) is 17.9 Å². The van der Waals surface area contributed by atoms with Gasteiger partial charge in [-0.25, -0.2) is 0 Å². The Balaban J connectivity index is 1.16. The Morgan fingerprint density at radius 1 is 1.03 bits per heavy atom. The summed E-state index contributed by atoms with van der Waals surface area (Å²) in [5.74, 6) is 3.67. The molecule has 2 saturated carbocycles. The van der Waals surface area contributed by atoms with Gasteiger partial charge in [-0.2, -0.15) is 0 Å². The van der Waals surface area contributed by atoms with Crippen LogP contribution in [0.5, 0.6) is 5.75 Å². The lowest BCUT2D eigenvalue weighted by atomic mass is 9.79. The van der Waals surface area contributed by atoms with E-state index in [0.717, 1.165) is 59.4 Å². The summed E-state index contributed by atoms with van der Waals surface area (Å²) >= 11 is 0. The van der Waals surface area contributed by atoms with Crippen LogP contribution in [0.4, 0.5) is 0 Å². The topological polar surface area (TPSA) is 62.0 Å². The van der Waals surface area contributed by atoms with E-state index in [0.29, 0.717) is 18.4 Å². The summed E-state index contributed by atoms with van der Waals surface area (Å²) in [5.41, 5.74) is 3.14. The van der Waals surface area contributed by atoms with E-state index in [-0.39, 0.29) is 0 Å². The molecular weight excluding hydrogens is 438 g/mol. The molecule has 5 rings (SSSR count). The highest BCUT2D eigenvalue weighted by Gasteiger charge is 2.29. The lowest BCUT2D eigenvalue weighted by Gasteiger charge is -2.38. The molecular formula is C29H45N3O3. The van der Waals surface area contributed by atoms with Crippen molar-refractivity contribution in [1.29, 1.82) is 0 Å². The lowest BCUT2D eigenvalue weighted by molar-refractivity contribution is 0.0826. The van der Waals surface area contributed by atoms with Crippen molar-refractivity contribution < 1.29 is 14.4 Å². The number of ether oxygens (including phenoxy) is 1. The Morgan fingerprint density at radius 2 is 1.80 bits per heavy atom. The molecule has 194 valence electrons. The molecule has 6 heteroatoms. The van der Waals surface area contributed by atoms with Gasteiger partial charge in [0.1, 0.15) is 5.75 Å². The van der Waals surface area contributed by atoms with Crippen LogP contribution in [0, 0.1) is 23.7 Å². The molecule has 6 nitrogen and oxygen atoms in total. The predicted molar refractivity (Wildman–Crippen MR) is 140 cm³/mol. The van der Waals surface area contributed by atoms with Gasteiger partial charge in [-0.1, -0.05) is 18.0 Å². The fourth-order valence-electron chi connectivity index (χ4n) is 6.26. The van der Waals surface area contributed by atoms with E-state index in [1.807, 2.05) is 0 Å². The highest BCUT2D eigenvalue weighted by molar-refractivity contribution is 5.84. The molecule has 3 aliphatic rings. The molecule has 2 aromatic rings. The number of hydrogen-bond acceptors (Lipinski definition) is 6. The van der Waals surface area contributed by atoms with Crippen LogP contribution in [0.15, 0.2) is 16.7 Å². The number of aryl methyl sites for hydroxylation is 1. The standard InChI is InChI=1S/C29H45N3O3/c1-31(2)18-26-28(34-20-22-7-8-22)12-10-25-27(30-35-29(25)26)11-9-21-13-15-32(16-14-21)17-23-5-3-4-6-24(23)19-33/h10,12,21-24,33H,3-9,11,13-20H2,1-2H3/t23-,24+/m1/s1. The Hall–Kier alpha value is -1.63. The number of aromatic nitrogens is 1. The van der Waals surface area contributed by atoms with Gasteiger partial charge in [0.15, 0.2) is 5.58 Å². The second-order valence-corrected chi connectivity index (χ2v) is 11.8. The number of aliphatic hydroxyl groups is 1. The molecule has 1 N–H and O–H groups in total. The Morgan fingerprint density at radius 3 is 2.51 bits per heavy atom. The molecule has 0 spiro atoms. The van der Waals surface area contributed by atoms with E-state index >= 15 is 0 Å². The minimum absolute atomic E-state index is 0.372. The van der Waals surface area contributed by atoms with Crippen LogP contribution in [-0.4, -0.2) is 67.0 Å². The van der Waals surface area contributed by atoms with E-state index in [1.165, 1.54) is 77.4 Å². The molecule has 3 fully saturated rings. The molecule has 0 radical (unpaired) electrons. The maximum atomic E-state index is 9.75. The largest absolute Gasteiger partial charge is 0.493 e. The third-order valence-corrected chi connectivity index (χ3v) is 8.71. The number of piperidine rings is 1. The Bertz CT molecular complexity index is 946. The van der Waals surface area contributed by atoms with Crippen molar-refractivity contribution in [3.05, 3.63) is 23.4 Å². The van der Waals surface area contributed by atoms with Crippen LogP contribution in [0.2, 0.25) is 0 Å². The first-order chi connectivity index (χ1) is 17.1. The molecule has 2 aliphatic carbocycles. The van der Waals surface area contributed by atoms with Crippen molar-refractivity contribution in [2.45, 2.75) is 70.8 Å². The molecule has 2 heterocycles. The molecule has 0 unspecified atom stereocenters. The zero-order valence-corrected chi connectivity index (χ0v) is 21.9. The second kappa shape index (κ2) is 11.6. The van der Waals surface area contributed by atoms with Crippen LogP contribution in [-0.2, 0) is 13.0 Å². The van der Waals surface area contributed by atoms with Crippen molar-refractivity contribution in [3.8, 4) is 5.75 Å². The van der Waals surface area contributed by atoms with Gasteiger partial charge in [0, 0.05) is 25.1 Å². The zero-order chi connectivity index (χ0) is 24.2. The quantitative estimate of drug-likeness (QED) is 0.479. The van der Waals surface area contributed by atoms with Gasteiger partial charge < -0.3 is 24.2 Å². The van der Waals surface area contributed by atoms with E-state index < -0.39 is 0 Å². The summed E-state index contributed by atoms with van der Waals surface area (Å²) in [6, 6.07) is 4.29. The molecule has 1 aliphatic heterocycles. The van der Waals surface area contributed by atoms with Gasteiger partial charge >= 0.3 is 0 Å². The number of benzene rings is 1. The summed E-state index contributed by atoms with van der Waals surface area (Å²) in [7, 11) is 4.18. The predicted octanol–water partition coefficient (Wildman–Crippen LogP) is 5.12. The van der Waals surface area contributed by atoms with Crippen LogP contribution < -0.4 is 4.74 Å². The van der Waals surface area contributed by atoms with Gasteiger partial charge in [0.25, 0.3) is 0 Å². The van der Waals surface area contributed by atoms with Gasteiger partial charge in [-0.3, -0.25) is 0 Å². The monoisotopic (exact) mass is 483 g/mol. The SMILES string of the molecule is CN(C)Cc1c(OCC2CC2)ccc2c(CCC3CCN(C[C@H]4CCCC[C@H]4CO)CC3)noc12. The number of nitrogens with zero attached hydrogens (tertiary/aromatic N) is 3. The van der Waals surface area contributed by atoms with Crippen molar-refractivity contribution >= 4 is 11.0 Å². The summed E-state index contributed by atoms with van der Waals surface area (Å²) in [5, 5.41) is 15.4. The highest BCUT2D eigenvalue weighted by Crippen LogP contribution is 2.35. The van der Waals surface area contributed by atoms with E-state index in [9.17, 15) is 5.11 Å². The van der Waals surface area contributed by atoms with Crippen LogP contribution in [0.25, 0.3) is 11.0 Å². The van der Waals surface area contributed by atoms with E-state index in [1.54, 1.807) is 0 Å². The fourth-order valence-corrected chi connectivity index (χ4v) is 6.26. The molecule has 0 amide bonds. The number of fused-ring (bicyclic) bond motifs is 1. The van der Waals surface area contributed by atoms with Crippen LogP contribution >= 0.6 is 0 Å². The average Bonchev–Trinajstić information content (AvgIpc) is 3.61. The maximum absolute atomic E-state index is 9.75. The first-order valence-corrected chi connectivity index (χ1v) is 14.1. The lowest BCUT2D eigenvalue weighted by Crippen LogP contribution is -2.40.